The number of benzene rings is 2. The highest BCUT2D eigenvalue weighted by atomic mass is 16.6. The largest absolute Gasteiger partial charge is 0.493 e. The summed E-state index contributed by atoms with van der Waals surface area (Å²) >= 11 is 0. The molecule has 0 spiro atoms. The number of ether oxygens (including phenoxy) is 2. The molecule has 0 aliphatic carbocycles. The van der Waals surface area contributed by atoms with Crippen molar-refractivity contribution in [3.63, 3.8) is 0 Å². The smallest absolute Gasteiger partial charge is 0.269 e. The fourth-order valence-corrected chi connectivity index (χ4v) is 2.57. The molecule has 0 aliphatic rings. The summed E-state index contributed by atoms with van der Waals surface area (Å²) in [5, 5.41) is 20.3. The number of non-ortho nitro benzene ring substituents is 1. The molecule has 0 unspecified atom stereocenters. The van der Waals surface area contributed by atoms with Crippen molar-refractivity contribution in [2.75, 3.05) is 14.2 Å². The van der Waals surface area contributed by atoms with Crippen LogP contribution >= 0.6 is 0 Å². The molecule has 0 bridgehead atoms. The Morgan fingerprint density at radius 3 is 2.46 bits per heavy atom. The maximum absolute atomic E-state index is 10.8. The van der Waals surface area contributed by atoms with Gasteiger partial charge in [0.15, 0.2) is 11.5 Å². The second-order valence-corrected chi connectivity index (χ2v) is 5.38. The van der Waals surface area contributed by atoms with Crippen LogP contribution in [0.15, 0.2) is 49.1 Å². The Balaban J connectivity index is 2.51. The normalized spacial score (nSPS) is 10.7. The van der Waals surface area contributed by atoms with Crippen molar-refractivity contribution in [3.8, 4) is 17.6 Å². The molecule has 26 heavy (non-hydrogen) atoms. The monoisotopic (exact) mass is 350 g/mol. The molecule has 0 amide bonds. The summed E-state index contributed by atoms with van der Waals surface area (Å²) in [4.78, 5) is 10.3. The third-order valence-electron chi connectivity index (χ3n) is 3.76. The molecule has 0 fully saturated rings. The fraction of sp³-hybridized carbons (Fsp3) is 0.150. The summed E-state index contributed by atoms with van der Waals surface area (Å²) in [5.41, 5.74) is 2.60. The van der Waals surface area contributed by atoms with Crippen molar-refractivity contribution >= 4 is 17.3 Å². The van der Waals surface area contributed by atoms with E-state index in [4.69, 9.17) is 9.47 Å². The molecule has 0 aromatic heterocycles. The molecule has 6 heteroatoms. The maximum atomic E-state index is 10.8. The maximum Gasteiger partial charge on any atom is 0.269 e. The van der Waals surface area contributed by atoms with Crippen LogP contribution in [0.3, 0.4) is 0 Å². The number of rotatable bonds is 7. The topological polar surface area (TPSA) is 85.4 Å². The average molecular weight is 350 g/mol. The Kier molecular flexibility index (Phi) is 6.12. The van der Waals surface area contributed by atoms with Gasteiger partial charge in [0.25, 0.3) is 5.69 Å². The lowest BCUT2D eigenvalue weighted by atomic mass is 10.0. The third kappa shape index (κ3) is 4.08. The average Bonchev–Trinajstić information content (AvgIpc) is 2.66. The zero-order valence-electron chi connectivity index (χ0n) is 14.6. The second-order valence-electron chi connectivity index (χ2n) is 5.38. The quantitative estimate of drug-likeness (QED) is 0.243. The molecule has 0 aliphatic heterocycles. The van der Waals surface area contributed by atoms with Gasteiger partial charge in [0, 0.05) is 17.7 Å². The standard InChI is InChI=1S/C20H18N2O4/c1-4-5-16-10-14(12-19(25-2)20(16)26-3)11-17(13-21)15-6-8-18(9-7-15)22(23)24/h4,6-12H,1,5H2,2-3H3/b17-11+. The number of nitro benzene ring substituents is 1. The summed E-state index contributed by atoms with van der Waals surface area (Å²) in [6.45, 7) is 3.74. The molecule has 132 valence electrons. The molecule has 0 saturated carbocycles. The Labute approximate surface area is 151 Å². The lowest BCUT2D eigenvalue weighted by Crippen LogP contribution is -1.97. The zero-order valence-corrected chi connectivity index (χ0v) is 14.6. The van der Waals surface area contributed by atoms with Gasteiger partial charge in [-0.25, -0.2) is 0 Å². The first-order valence-corrected chi connectivity index (χ1v) is 7.76. The molecule has 2 aromatic carbocycles. The van der Waals surface area contributed by atoms with Gasteiger partial charge in [-0.15, -0.1) is 6.58 Å². The molecule has 0 atom stereocenters. The van der Waals surface area contributed by atoms with Gasteiger partial charge in [-0.3, -0.25) is 10.1 Å². The molecular weight excluding hydrogens is 332 g/mol. The first-order chi connectivity index (χ1) is 12.5. The van der Waals surface area contributed by atoms with Crippen LogP contribution in [0.5, 0.6) is 11.5 Å². The van der Waals surface area contributed by atoms with Crippen LogP contribution in [0.1, 0.15) is 16.7 Å². The van der Waals surface area contributed by atoms with Gasteiger partial charge in [0.1, 0.15) is 0 Å². The minimum Gasteiger partial charge on any atom is -0.493 e. The second kappa shape index (κ2) is 8.49. The molecular formula is C20H18N2O4. The molecule has 2 aromatic rings. The van der Waals surface area contributed by atoms with Crippen molar-refractivity contribution in [2.45, 2.75) is 6.42 Å². The lowest BCUT2D eigenvalue weighted by molar-refractivity contribution is -0.384. The predicted octanol–water partition coefficient (Wildman–Crippen LogP) is 4.40. The summed E-state index contributed by atoms with van der Waals surface area (Å²) in [5.74, 6) is 1.18. The van der Waals surface area contributed by atoms with Crippen molar-refractivity contribution < 1.29 is 14.4 Å². The van der Waals surface area contributed by atoms with Crippen molar-refractivity contribution in [3.05, 3.63) is 75.9 Å². The zero-order chi connectivity index (χ0) is 19.1. The number of hydrogen-bond donors (Lipinski definition) is 0. The summed E-state index contributed by atoms with van der Waals surface area (Å²) in [7, 11) is 3.11. The highest BCUT2D eigenvalue weighted by Crippen LogP contribution is 2.34. The van der Waals surface area contributed by atoms with Gasteiger partial charge in [-0.2, -0.15) is 5.26 Å². The minimum atomic E-state index is -0.477. The van der Waals surface area contributed by atoms with E-state index in [1.54, 1.807) is 44.6 Å². The third-order valence-corrected chi connectivity index (χ3v) is 3.76. The van der Waals surface area contributed by atoms with E-state index in [2.05, 4.69) is 12.6 Å². The van der Waals surface area contributed by atoms with E-state index in [-0.39, 0.29) is 5.69 Å². The molecule has 0 radical (unpaired) electrons. The van der Waals surface area contributed by atoms with Crippen molar-refractivity contribution in [1.82, 2.24) is 0 Å². The first kappa shape index (κ1) is 18.7. The van der Waals surface area contributed by atoms with Crippen molar-refractivity contribution in [1.29, 1.82) is 5.26 Å². The number of nitriles is 1. The van der Waals surface area contributed by atoms with E-state index >= 15 is 0 Å². The van der Waals surface area contributed by atoms with Crippen molar-refractivity contribution in [2.24, 2.45) is 0 Å². The van der Waals surface area contributed by atoms with E-state index in [0.717, 1.165) is 11.1 Å². The van der Waals surface area contributed by atoms with Gasteiger partial charge >= 0.3 is 0 Å². The van der Waals surface area contributed by atoms with Gasteiger partial charge in [0.05, 0.1) is 30.8 Å². The molecule has 6 nitrogen and oxygen atoms in total. The van der Waals surface area contributed by atoms with E-state index < -0.39 is 4.92 Å². The van der Waals surface area contributed by atoms with E-state index in [1.165, 1.54) is 12.1 Å². The van der Waals surface area contributed by atoms with Crippen LogP contribution < -0.4 is 9.47 Å². The van der Waals surface area contributed by atoms with Gasteiger partial charge in [-0.05, 0) is 47.9 Å². The van der Waals surface area contributed by atoms with Crippen LogP contribution in [0.4, 0.5) is 5.69 Å². The fourth-order valence-electron chi connectivity index (χ4n) is 2.57. The van der Waals surface area contributed by atoms with Gasteiger partial charge in [0.2, 0.25) is 0 Å². The first-order valence-electron chi connectivity index (χ1n) is 7.76. The molecule has 2 rings (SSSR count). The molecule has 0 N–H and O–H groups in total. The lowest BCUT2D eigenvalue weighted by Gasteiger charge is -2.13. The Morgan fingerprint density at radius 2 is 1.96 bits per heavy atom. The number of hydrogen-bond acceptors (Lipinski definition) is 5. The van der Waals surface area contributed by atoms with E-state index in [9.17, 15) is 15.4 Å². The Bertz CT molecular complexity index is 893. The van der Waals surface area contributed by atoms with Gasteiger partial charge < -0.3 is 9.47 Å². The van der Waals surface area contributed by atoms with Crippen LogP contribution in [0, 0.1) is 21.4 Å². The Hall–Kier alpha value is -3.59. The SMILES string of the molecule is C=CCc1cc(/C=C(\C#N)c2ccc([N+](=O)[O-])cc2)cc(OC)c1OC. The summed E-state index contributed by atoms with van der Waals surface area (Å²) in [6.07, 6.45) is 4.04. The van der Waals surface area contributed by atoms with Crippen LogP contribution in [-0.2, 0) is 6.42 Å². The number of allylic oxidation sites excluding steroid dienone is 2. The minimum absolute atomic E-state index is 0.0228. The highest BCUT2D eigenvalue weighted by molar-refractivity contribution is 5.90. The van der Waals surface area contributed by atoms with Crippen LogP contribution in [0.25, 0.3) is 11.6 Å². The molecule has 0 saturated heterocycles. The van der Waals surface area contributed by atoms with Crippen LogP contribution in [0.2, 0.25) is 0 Å². The van der Waals surface area contributed by atoms with E-state index in [1.807, 2.05) is 6.07 Å². The van der Waals surface area contributed by atoms with Crippen LogP contribution in [-0.4, -0.2) is 19.1 Å². The summed E-state index contributed by atoms with van der Waals surface area (Å²) < 4.78 is 10.8. The predicted molar refractivity (Wildman–Crippen MR) is 100 cm³/mol. The van der Waals surface area contributed by atoms with Gasteiger partial charge in [-0.1, -0.05) is 6.08 Å². The summed E-state index contributed by atoms with van der Waals surface area (Å²) in [6, 6.07) is 11.7. The molecule has 0 heterocycles. The number of nitrogens with zero attached hydrogens (tertiary/aromatic N) is 2. The number of nitro groups is 1. The Morgan fingerprint density at radius 1 is 1.27 bits per heavy atom. The van der Waals surface area contributed by atoms with E-state index in [0.29, 0.717) is 29.1 Å². The number of methoxy groups -OCH3 is 2. The highest BCUT2D eigenvalue weighted by Gasteiger charge is 2.12.